The first-order valence-corrected chi connectivity index (χ1v) is 4.31. The van der Waals surface area contributed by atoms with Gasteiger partial charge < -0.3 is 9.84 Å². The van der Waals surface area contributed by atoms with Gasteiger partial charge in [-0.25, -0.2) is 4.98 Å². The van der Waals surface area contributed by atoms with Gasteiger partial charge in [0, 0.05) is 6.07 Å². The van der Waals surface area contributed by atoms with Crippen LogP contribution in [0.25, 0.3) is 0 Å². The van der Waals surface area contributed by atoms with Gasteiger partial charge in [-0.05, 0) is 6.92 Å². The minimum Gasteiger partial charge on any atom is -0.361 e. The van der Waals surface area contributed by atoms with Crippen molar-refractivity contribution in [3.63, 3.8) is 0 Å². The monoisotopic (exact) mass is 207 g/mol. The summed E-state index contributed by atoms with van der Waals surface area (Å²) in [5.41, 5.74) is 0.256. The topological polar surface area (TPSA) is 96.7 Å². The van der Waals surface area contributed by atoms with Gasteiger partial charge in [0.2, 0.25) is 0 Å². The highest BCUT2D eigenvalue weighted by Crippen LogP contribution is 2.01. The number of carbonyl (C=O) groups is 1. The normalized spacial score (nSPS) is 10.2. The van der Waals surface area contributed by atoms with Crippen LogP contribution in [0.2, 0.25) is 0 Å². The second kappa shape index (κ2) is 3.91. The number of hydrogen-bond donors (Lipinski definition) is 2. The smallest absolute Gasteiger partial charge is 0.273 e. The third kappa shape index (κ3) is 2.19. The van der Waals surface area contributed by atoms with Crippen LogP contribution in [0.1, 0.15) is 22.1 Å². The highest BCUT2D eigenvalue weighted by Gasteiger charge is 2.10. The minimum absolute atomic E-state index is 0.256. The summed E-state index contributed by atoms with van der Waals surface area (Å²) in [5.74, 6) is 0.881. The molecule has 0 bridgehead atoms. The fourth-order valence-corrected chi connectivity index (χ4v) is 1.04. The van der Waals surface area contributed by atoms with Gasteiger partial charge in [-0.1, -0.05) is 5.16 Å². The summed E-state index contributed by atoms with van der Waals surface area (Å²) < 4.78 is 4.78. The van der Waals surface area contributed by atoms with E-state index in [0.717, 1.165) is 0 Å². The molecule has 7 heteroatoms. The van der Waals surface area contributed by atoms with E-state index in [-0.39, 0.29) is 18.1 Å². The van der Waals surface area contributed by atoms with Gasteiger partial charge in [-0.2, -0.15) is 5.10 Å². The molecular formula is C8H9N5O2. The molecule has 2 aromatic heterocycles. The van der Waals surface area contributed by atoms with Crippen molar-refractivity contribution in [3.05, 3.63) is 29.7 Å². The number of aromatic amines is 1. The molecule has 0 unspecified atom stereocenters. The van der Waals surface area contributed by atoms with Crippen LogP contribution in [0.5, 0.6) is 0 Å². The Bertz CT molecular complexity index is 447. The van der Waals surface area contributed by atoms with Crippen molar-refractivity contribution in [1.82, 2.24) is 25.7 Å². The van der Waals surface area contributed by atoms with E-state index in [1.54, 1.807) is 13.0 Å². The molecule has 7 nitrogen and oxygen atoms in total. The van der Waals surface area contributed by atoms with Crippen LogP contribution in [0.4, 0.5) is 0 Å². The Hall–Kier alpha value is -2.18. The van der Waals surface area contributed by atoms with E-state index >= 15 is 0 Å². The maximum atomic E-state index is 11.5. The molecule has 0 atom stereocenters. The molecule has 0 aliphatic heterocycles. The van der Waals surface area contributed by atoms with Crippen LogP contribution in [0, 0.1) is 6.92 Å². The quantitative estimate of drug-likeness (QED) is 0.740. The zero-order chi connectivity index (χ0) is 10.7. The SMILES string of the molecule is Cc1cc(C(=O)NCc2ncn[nH]2)no1. The van der Waals surface area contributed by atoms with Crippen LogP contribution < -0.4 is 5.32 Å². The summed E-state index contributed by atoms with van der Waals surface area (Å²) in [7, 11) is 0. The molecule has 2 rings (SSSR count). The first kappa shape index (κ1) is 9.38. The predicted molar refractivity (Wildman–Crippen MR) is 48.8 cm³/mol. The second-order valence-electron chi connectivity index (χ2n) is 2.94. The van der Waals surface area contributed by atoms with E-state index in [1.807, 2.05) is 0 Å². The lowest BCUT2D eigenvalue weighted by Crippen LogP contribution is -2.23. The molecule has 0 aromatic carbocycles. The Morgan fingerprint density at radius 1 is 1.67 bits per heavy atom. The molecule has 78 valence electrons. The zero-order valence-corrected chi connectivity index (χ0v) is 8.02. The van der Waals surface area contributed by atoms with Gasteiger partial charge in [0.1, 0.15) is 17.9 Å². The Labute approximate surface area is 84.9 Å². The van der Waals surface area contributed by atoms with Gasteiger partial charge in [-0.15, -0.1) is 0 Å². The Morgan fingerprint density at radius 3 is 3.13 bits per heavy atom. The molecule has 0 spiro atoms. The van der Waals surface area contributed by atoms with Gasteiger partial charge >= 0.3 is 0 Å². The Kier molecular flexibility index (Phi) is 2.44. The summed E-state index contributed by atoms with van der Waals surface area (Å²) >= 11 is 0. The third-order valence-electron chi connectivity index (χ3n) is 1.74. The van der Waals surface area contributed by atoms with Crippen molar-refractivity contribution < 1.29 is 9.32 Å². The lowest BCUT2D eigenvalue weighted by molar-refractivity contribution is 0.0941. The standard InChI is InChI=1S/C8H9N5O2/c1-5-2-6(13-15-5)8(14)9-3-7-10-4-11-12-7/h2,4H,3H2,1H3,(H,9,14)(H,10,11,12). The van der Waals surface area contributed by atoms with Crippen molar-refractivity contribution >= 4 is 5.91 Å². The summed E-state index contributed by atoms with van der Waals surface area (Å²) in [6.07, 6.45) is 1.38. The van der Waals surface area contributed by atoms with Gasteiger partial charge in [0.05, 0.1) is 6.54 Å². The van der Waals surface area contributed by atoms with Gasteiger partial charge in [0.15, 0.2) is 5.69 Å². The number of nitrogens with one attached hydrogen (secondary N) is 2. The second-order valence-corrected chi connectivity index (χ2v) is 2.94. The molecule has 0 aliphatic carbocycles. The number of rotatable bonds is 3. The molecule has 2 N–H and O–H groups in total. The van der Waals surface area contributed by atoms with Crippen molar-refractivity contribution in [1.29, 1.82) is 0 Å². The highest BCUT2D eigenvalue weighted by molar-refractivity contribution is 5.92. The summed E-state index contributed by atoms with van der Waals surface area (Å²) in [6, 6.07) is 1.57. The summed E-state index contributed by atoms with van der Waals surface area (Å²) in [4.78, 5) is 15.3. The average molecular weight is 207 g/mol. The molecule has 0 aliphatic rings. The van der Waals surface area contributed by atoms with E-state index in [9.17, 15) is 4.79 Å². The Balaban J connectivity index is 1.93. The van der Waals surface area contributed by atoms with Crippen LogP contribution in [-0.4, -0.2) is 26.2 Å². The predicted octanol–water partition coefficient (Wildman–Crippen LogP) is 0.0311. The van der Waals surface area contributed by atoms with E-state index in [1.165, 1.54) is 6.33 Å². The van der Waals surface area contributed by atoms with Crippen LogP contribution in [0.3, 0.4) is 0 Å². The van der Waals surface area contributed by atoms with E-state index in [2.05, 4.69) is 25.7 Å². The number of aromatic nitrogens is 4. The molecule has 2 heterocycles. The van der Waals surface area contributed by atoms with Crippen LogP contribution >= 0.6 is 0 Å². The maximum Gasteiger partial charge on any atom is 0.273 e. The van der Waals surface area contributed by atoms with Crippen LogP contribution in [0.15, 0.2) is 16.9 Å². The lowest BCUT2D eigenvalue weighted by atomic mass is 10.3. The Morgan fingerprint density at radius 2 is 2.53 bits per heavy atom. The first-order chi connectivity index (χ1) is 7.25. The van der Waals surface area contributed by atoms with E-state index in [4.69, 9.17) is 4.52 Å². The number of aryl methyl sites for hydroxylation is 1. The van der Waals surface area contributed by atoms with E-state index < -0.39 is 0 Å². The molecular weight excluding hydrogens is 198 g/mol. The van der Waals surface area contributed by atoms with Gasteiger partial charge in [0.25, 0.3) is 5.91 Å². The highest BCUT2D eigenvalue weighted by atomic mass is 16.5. The summed E-state index contributed by atoms with van der Waals surface area (Å²) in [5, 5.41) is 12.5. The first-order valence-electron chi connectivity index (χ1n) is 4.31. The third-order valence-corrected chi connectivity index (χ3v) is 1.74. The van der Waals surface area contributed by atoms with Crippen molar-refractivity contribution in [2.75, 3.05) is 0 Å². The molecule has 15 heavy (non-hydrogen) atoms. The van der Waals surface area contributed by atoms with E-state index in [0.29, 0.717) is 11.6 Å². The molecule has 0 fully saturated rings. The molecule has 1 amide bonds. The molecule has 2 aromatic rings. The fraction of sp³-hybridized carbons (Fsp3) is 0.250. The molecule has 0 saturated carbocycles. The summed E-state index contributed by atoms with van der Waals surface area (Å²) in [6.45, 7) is 2.00. The molecule has 0 radical (unpaired) electrons. The minimum atomic E-state index is -0.303. The number of amides is 1. The average Bonchev–Trinajstić information content (AvgIpc) is 2.84. The number of H-pyrrole nitrogens is 1. The maximum absolute atomic E-state index is 11.5. The number of carbonyl (C=O) groups excluding carboxylic acids is 1. The van der Waals surface area contributed by atoms with Crippen molar-refractivity contribution in [2.45, 2.75) is 13.5 Å². The number of hydrogen-bond acceptors (Lipinski definition) is 5. The molecule has 0 saturated heterocycles. The largest absolute Gasteiger partial charge is 0.361 e. The lowest BCUT2D eigenvalue weighted by Gasteiger charge is -1.97. The zero-order valence-electron chi connectivity index (χ0n) is 8.02. The fourth-order valence-electron chi connectivity index (χ4n) is 1.04. The van der Waals surface area contributed by atoms with Gasteiger partial charge in [-0.3, -0.25) is 9.89 Å². The van der Waals surface area contributed by atoms with Crippen LogP contribution in [-0.2, 0) is 6.54 Å². The van der Waals surface area contributed by atoms with Crippen molar-refractivity contribution in [2.24, 2.45) is 0 Å². The number of nitrogens with zero attached hydrogens (tertiary/aromatic N) is 3. The van der Waals surface area contributed by atoms with Crippen molar-refractivity contribution in [3.8, 4) is 0 Å².